The van der Waals surface area contributed by atoms with Gasteiger partial charge < -0.3 is 10.2 Å². The summed E-state index contributed by atoms with van der Waals surface area (Å²) in [7, 11) is -3.82. The summed E-state index contributed by atoms with van der Waals surface area (Å²) in [4.78, 5) is 27.5. The summed E-state index contributed by atoms with van der Waals surface area (Å²) in [6, 6.07) is 8.77. The van der Waals surface area contributed by atoms with Crippen LogP contribution in [0.4, 0.5) is 5.69 Å². The number of benzene rings is 2. The number of rotatable bonds is 10. The van der Waals surface area contributed by atoms with Gasteiger partial charge >= 0.3 is 0 Å². The van der Waals surface area contributed by atoms with E-state index in [0.29, 0.717) is 38.4 Å². The van der Waals surface area contributed by atoms with Crippen LogP contribution in [0.3, 0.4) is 0 Å². The van der Waals surface area contributed by atoms with Gasteiger partial charge in [-0.05, 0) is 61.7 Å². The number of hydrogen-bond acceptors (Lipinski definition) is 4. The quantitative estimate of drug-likeness (QED) is 0.468. The second kappa shape index (κ2) is 12.1. The van der Waals surface area contributed by atoms with E-state index in [-0.39, 0.29) is 12.5 Å². The van der Waals surface area contributed by atoms with Crippen LogP contribution in [0.5, 0.6) is 0 Å². The Morgan fingerprint density at radius 3 is 2.29 bits per heavy atom. The van der Waals surface area contributed by atoms with Crippen LogP contribution in [0.25, 0.3) is 0 Å². The maximum Gasteiger partial charge on any atom is 0.244 e. The fraction of sp³-hybridized carbons (Fsp3) is 0.391. The third kappa shape index (κ3) is 7.50. The van der Waals surface area contributed by atoms with Gasteiger partial charge in [0.1, 0.15) is 12.6 Å². The molecular formula is C23H28Cl3N3O4S. The molecule has 1 N–H and O–H groups in total. The van der Waals surface area contributed by atoms with Gasteiger partial charge in [0.05, 0.1) is 22.0 Å². The Hall–Kier alpha value is -2.00. The van der Waals surface area contributed by atoms with Gasteiger partial charge in [-0.2, -0.15) is 0 Å². The van der Waals surface area contributed by atoms with Crippen molar-refractivity contribution in [3.05, 3.63) is 62.6 Å². The molecule has 1 atom stereocenters. The van der Waals surface area contributed by atoms with Gasteiger partial charge in [-0.1, -0.05) is 47.8 Å². The SMILES string of the molecule is CCCNC(=O)[C@@H](C)N(Cc1ccc(Cl)c(Cl)c1)C(=O)CN(c1ccc(Cl)cc1C)S(C)(=O)=O. The summed E-state index contributed by atoms with van der Waals surface area (Å²) in [5.74, 6) is -0.895. The van der Waals surface area contributed by atoms with E-state index in [9.17, 15) is 18.0 Å². The number of aryl methyl sites for hydroxylation is 1. The van der Waals surface area contributed by atoms with Crippen molar-refractivity contribution >= 4 is 62.3 Å². The number of nitrogens with zero attached hydrogens (tertiary/aromatic N) is 2. The van der Waals surface area contributed by atoms with Crippen molar-refractivity contribution in [2.75, 3.05) is 23.7 Å². The van der Waals surface area contributed by atoms with Crippen LogP contribution in [0.1, 0.15) is 31.4 Å². The number of amides is 2. The molecule has 0 radical (unpaired) electrons. The minimum Gasteiger partial charge on any atom is -0.354 e. The number of sulfonamides is 1. The average molecular weight is 549 g/mol. The van der Waals surface area contributed by atoms with Crippen molar-refractivity contribution in [2.45, 2.75) is 39.8 Å². The summed E-state index contributed by atoms with van der Waals surface area (Å²) in [5, 5.41) is 3.89. The molecule has 0 spiro atoms. The molecule has 2 rings (SSSR count). The molecule has 186 valence electrons. The molecule has 0 unspecified atom stereocenters. The van der Waals surface area contributed by atoms with E-state index in [1.54, 1.807) is 50.2 Å². The Bertz CT molecular complexity index is 1160. The average Bonchev–Trinajstić information content (AvgIpc) is 2.75. The Kier molecular flexibility index (Phi) is 10.1. The lowest BCUT2D eigenvalue weighted by molar-refractivity contribution is -0.139. The summed E-state index contributed by atoms with van der Waals surface area (Å²) >= 11 is 18.1. The Balaban J connectivity index is 2.42. The summed E-state index contributed by atoms with van der Waals surface area (Å²) < 4.78 is 26.3. The van der Waals surface area contributed by atoms with E-state index >= 15 is 0 Å². The highest BCUT2D eigenvalue weighted by molar-refractivity contribution is 7.92. The minimum atomic E-state index is -3.82. The number of hydrogen-bond donors (Lipinski definition) is 1. The number of nitrogens with one attached hydrogen (secondary N) is 1. The van der Waals surface area contributed by atoms with Crippen molar-refractivity contribution in [3.63, 3.8) is 0 Å². The van der Waals surface area contributed by atoms with Crippen LogP contribution in [-0.2, 0) is 26.2 Å². The topological polar surface area (TPSA) is 86.8 Å². The van der Waals surface area contributed by atoms with Gasteiger partial charge in [-0.3, -0.25) is 13.9 Å². The molecule has 2 amide bonds. The number of halogens is 3. The molecule has 2 aromatic carbocycles. The molecule has 0 bridgehead atoms. The van der Waals surface area contributed by atoms with E-state index in [1.807, 2.05) is 6.92 Å². The van der Waals surface area contributed by atoms with Crippen LogP contribution < -0.4 is 9.62 Å². The molecule has 0 aliphatic rings. The normalized spacial score (nSPS) is 12.2. The van der Waals surface area contributed by atoms with Gasteiger partial charge in [0.15, 0.2) is 0 Å². The molecule has 2 aromatic rings. The minimum absolute atomic E-state index is 0.0354. The molecule has 0 fully saturated rings. The smallest absolute Gasteiger partial charge is 0.244 e. The van der Waals surface area contributed by atoms with Crippen LogP contribution >= 0.6 is 34.8 Å². The molecule has 0 aliphatic heterocycles. The van der Waals surface area contributed by atoms with Gasteiger partial charge in [0, 0.05) is 18.1 Å². The maximum absolute atomic E-state index is 13.5. The first kappa shape index (κ1) is 28.2. The highest BCUT2D eigenvalue weighted by Crippen LogP contribution is 2.27. The lowest BCUT2D eigenvalue weighted by Gasteiger charge is -2.32. The summed E-state index contributed by atoms with van der Waals surface area (Å²) in [6.07, 6.45) is 1.76. The molecular weight excluding hydrogens is 521 g/mol. The second-order valence-corrected chi connectivity index (χ2v) is 11.1. The fourth-order valence-electron chi connectivity index (χ4n) is 3.31. The number of anilines is 1. The van der Waals surface area contributed by atoms with Gasteiger partial charge in [-0.15, -0.1) is 0 Å². The molecule has 11 heteroatoms. The van der Waals surface area contributed by atoms with Crippen LogP contribution in [0.15, 0.2) is 36.4 Å². The van der Waals surface area contributed by atoms with Gasteiger partial charge in [0.2, 0.25) is 21.8 Å². The molecule has 0 heterocycles. The zero-order valence-electron chi connectivity index (χ0n) is 19.4. The van der Waals surface area contributed by atoms with E-state index < -0.39 is 28.5 Å². The van der Waals surface area contributed by atoms with Gasteiger partial charge in [-0.25, -0.2) is 8.42 Å². The third-order valence-electron chi connectivity index (χ3n) is 5.16. The Morgan fingerprint density at radius 1 is 1.06 bits per heavy atom. The summed E-state index contributed by atoms with van der Waals surface area (Å²) in [5.41, 5.74) is 1.57. The largest absolute Gasteiger partial charge is 0.354 e. The summed E-state index contributed by atoms with van der Waals surface area (Å²) in [6.45, 7) is 5.22. The fourth-order valence-corrected chi connectivity index (χ4v) is 4.76. The lowest BCUT2D eigenvalue weighted by atomic mass is 10.1. The first-order valence-electron chi connectivity index (χ1n) is 10.6. The van der Waals surface area contributed by atoms with Crippen LogP contribution in [0, 0.1) is 6.92 Å². The van der Waals surface area contributed by atoms with Crippen molar-refractivity contribution in [1.82, 2.24) is 10.2 Å². The Labute approximate surface area is 216 Å². The van der Waals surface area contributed by atoms with Crippen molar-refractivity contribution in [2.24, 2.45) is 0 Å². The lowest BCUT2D eigenvalue weighted by Crippen LogP contribution is -2.51. The van der Waals surface area contributed by atoms with Crippen molar-refractivity contribution < 1.29 is 18.0 Å². The van der Waals surface area contributed by atoms with Gasteiger partial charge in [0.25, 0.3) is 0 Å². The molecule has 7 nitrogen and oxygen atoms in total. The second-order valence-electron chi connectivity index (χ2n) is 7.94. The Morgan fingerprint density at radius 2 is 1.74 bits per heavy atom. The zero-order valence-corrected chi connectivity index (χ0v) is 22.5. The van der Waals surface area contributed by atoms with E-state index in [0.717, 1.165) is 17.0 Å². The van der Waals surface area contributed by atoms with Crippen molar-refractivity contribution in [3.8, 4) is 0 Å². The van der Waals surface area contributed by atoms with Crippen LogP contribution in [0.2, 0.25) is 15.1 Å². The molecule has 34 heavy (non-hydrogen) atoms. The van der Waals surface area contributed by atoms with E-state index in [1.165, 1.54) is 4.90 Å². The van der Waals surface area contributed by atoms with E-state index in [4.69, 9.17) is 34.8 Å². The molecule has 0 saturated heterocycles. The molecule has 0 aromatic heterocycles. The maximum atomic E-state index is 13.5. The van der Waals surface area contributed by atoms with Crippen LogP contribution in [-0.4, -0.2) is 50.5 Å². The monoisotopic (exact) mass is 547 g/mol. The first-order chi connectivity index (χ1) is 15.8. The third-order valence-corrected chi connectivity index (χ3v) is 7.26. The molecule has 0 saturated carbocycles. The standard InChI is InChI=1S/C23H28Cl3N3O4S/c1-5-10-27-23(31)16(3)28(13-17-6-8-19(25)20(26)12-17)22(30)14-29(34(4,32)33)21-9-7-18(24)11-15(21)2/h6-9,11-12,16H,5,10,13-14H2,1-4H3,(H,27,31)/t16-/m1/s1. The zero-order chi connectivity index (χ0) is 25.6. The highest BCUT2D eigenvalue weighted by Gasteiger charge is 2.30. The molecule has 0 aliphatic carbocycles. The first-order valence-corrected chi connectivity index (χ1v) is 13.6. The number of carbonyl (C=O) groups is 2. The van der Waals surface area contributed by atoms with Crippen molar-refractivity contribution in [1.29, 1.82) is 0 Å². The predicted octanol–water partition coefficient (Wildman–Crippen LogP) is 4.66. The number of carbonyl (C=O) groups excluding carboxylic acids is 2. The predicted molar refractivity (Wildman–Crippen MR) is 138 cm³/mol. The van der Waals surface area contributed by atoms with E-state index in [2.05, 4.69) is 5.32 Å². The highest BCUT2D eigenvalue weighted by atomic mass is 35.5.